The van der Waals surface area contributed by atoms with E-state index in [1.807, 2.05) is 0 Å². The summed E-state index contributed by atoms with van der Waals surface area (Å²) in [6, 6.07) is 0. The Morgan fingerprint density at radius 1 is 1.82 bits per heavy atom. The van der Waals surface area contributed by atoms with Crippen LogP contribution in [0.5, 0.6) is 0 Å². The smallest absolute Gasteiger partial charge is 0.305 e. The standard InChI is InChI=1S/C6H11NO3.ClH/c1-10-5(2-3-7)4-6(8)9;/h3,5,7H,2,4H2,1H3,(H,8,9);1H. The molecule has 0 fully saturated rings. The van der Waals surface area contributed by atoms with Crippen LogP contribution in [0.3, 0.4) is 0 Å². The Labute approximate surface area is 71.5 Å². The summed E-state index contributed by atoms with van der Waals surface area (Å²) < 4.78 is 4.77. The number of aliphatic carboxylic acids is 1. The largest absolute Gasteiger partial charge is 0.481 e. The van der Waals surface area contributed by atoms with E-state index in [1.54, 1.807) is 0 Å². The highest BCUT2D eigenvalue weighted by atomic mass is 35.5. The Bertz CT molecular complexity index is 129. The van der Waals surface area contributed by atoms with Crippen molar-refractivity contribution in [3.63, 3.8) is 0 Å². The van der Waals surface area contributed by atoms with E-state index in [0.717, 1.165) is 6.21 Å². The molecule has 0 saturated heterocycles. The summed E-state index contributed by atoms with van der Waals surface area (Å²) in [7, 11) is 1.44. The van der Waals surface area contributed by atoms with Gasteiger partial charge in [0.2, 0.25) is 0 Å². The number of methoxy groups -OCH3 is 1. The highest BCUT2D eigenvalue weighted by Gasteiger charge is 2.09. The van der Waals surface area contributed by atoms with Gasteiger partial charge in [-0.05, 0) is 6.21 Å². The second kappa shape index (κ2) is 7.50. The van der Waals surface area contributed by atoms with Gasteiger partial charge in [-0.15, -0.1) is 12.4 Å². The van der Waals surface area contributed by atoms with Gasteiger partial charge in [0, 0.05) is 13.5 Å². The first-order valence-electron chi connectivity index (χ1n) is 2.94. The van der Waals surface area contributed by atoms with Gasteiger partial charge in [-0.25, -0.2) is 0 Å². The van der Waals surface area contributed by atoms with Crippen molar-refractivity contribution >= 4 is 24.6 Å². The van der Waals surface area contributed by atoms with Crippen LogP contribution in [-0.2, 0) is 9.53 Å². The molecule has 4 nitrogen and oxygen atoms in total. The third kappa shape index (κ3) is 7.29. The first-order chi connectivity index (χ1) is 4.70. The average molecular weight is 182 g/mol. The molecule has 0 heterocycles. The van der Waals surface area contributed by atoms with Gasteiger partial charge in [-0.2, -0.15) is 0 Å². The van der Waals surface area contributed by atoms with Gasteiger partial charge in [0.05, 0.1) is 12.5 Å². The molecule has 0 bridgehead atoms. The maximum absolute atomic E-state index is 10.1. The Morgan fingerprint density at radius 3 is 2.64 bits per heavy atom. The lowest BCUT2D eigenvalue weighted by molar-refractivity contribution is -0.139. The third-order valence-corrected chi connectivity index (χ3v) is 1.12. The molecular formula is C6H12ClNO3. The molecule has 66 valence electrons. The summed E-state index contributed by atoms with van der Waals surface area (Å²) in [6.45, 7) is 0. The topological polar surface area (TPSA) is 70.4 Å². The highest BCUT2D eigenvalue weighted by Crippen LogP contribution is 1.99. The van der Waals surface area contributed by atoms with Crippen molar-refractivity contribution in [2.75, 3.05) is 7.11 Å². The molecule has 11 heavy (non-hydrogen) atoms. The summed E-state index contributed by atoms with van der Waals surface area (Å²) in [6.07, 6.45) is 1.13. The van der Waals surface area contributed by atoms with Crippen LogP contribution in [0.1, 0.15) is 12.8 Å². The Kier molecular flexibility index (Phi) is 8.87. The lowest BCUT2D eigenvalue weighted by Crippen LogP contribution is -2.15. The molecule has 0 aromatic rings. The average Bonchev–Trinajstić information content (AvgIpc) is 1.86. The van der Waals surface area contributed by atoms with Crippen LogP contribution < -0.4 is 0 Å². The maximum atomic E-state index is 10.1. The van der Waals surface area contributed by atoms with Gasteiger partial charge in [-0.3, -0.25) is 4.79 Å². The molecule has 0 spiro atoms. The highest BCUT2D eigenvalue weighted by molar-refractivity contribution is 5.85. The summed E-state index contributed by atoms with van der Waals surface area (Å²) in [4.78, 5) is 10.1. The normalized spacial score (nSPS) is 11.4. The minimum Gasteiger partial charge on any atom is -0.481 e. The molecule has 0 aromatic heterocycles. The molecule has 0 aliphatic rings. The van der Waals surface area contributed by atoms with Crippen LogP contribution in [0.25, 0.3) is 0 Å². The van der Waals surface area contributed by atoms with E-state index < -0.39 is 5.97 Å². The molecular weight excluding hydrogens is 170 g/mol. The number of carboxylic acid groups (broad SMARTS) is 1. The van der Waals surface area contributed by atoms with Crippen LogP contribution in [0, 0.1) is 5.41 Å². The molecule has 2 N–H and O–H groups in total. The van der Waals surface area contributed by atoms with Crippen molar-refractivity contribution < 1.29 is 14.6 Å². The molecule has 1 unspecified atom stereocenters. The quantitative estimate of drug-likeness (QED) is 0.620. The van der Waals surface area contributed by atoms with E-state index in [2.05, 4.69) is 0 Å². The maximum Gasteiger partial charge on any atom is 0.305 e. The molecule has 0 amide bonds. The molecule has 0 aliphatic carbocycles. The van der Waals surface area contributed by atoms with Crippen molar-refractivity contribution in [1.82, 2.24) is 0 Å². The van der Waals surface area contributed by atoms with Crippen LogP contribution in [0.4, 0.5) is 0 Å². The number of nitrogens with one attached hydrogen (secondary N) is 1. The van der Waals surface area contributed by atoms with Crippen molar-refractivity contribution in [1.29, 1.82) is 5.41 Å². The van der Waals surface area contributed by atoms with Gasteiger partial charge in [0.1, 0.15) is 0 Å². The molecule has 0 aromatic carbocycles. The first kappa shape index (κ1) is 13.0. The summed E-state index contributed by atoms with van der Waals surface area (Å²) in [5.74, 6) is -0.895. The lowest BCUT2D eigenvalue weighted by atomic mass is 10.2. The van der Waals surface area contributed by atoms with Crippen LogP contribution >= 0.6 is 12.4 Å². The number of ether oxygens (including phenoxy) is 1. The van der Waals surface area contributed by atoms with Crippen molar-refractivity contribution in [3.05, 3.63) is 0 Å². The van der Waals surface area contributed by atoms with E-state index >= 15 is 0 Å². The monoisotopic (exact) mass is 181 g/mol. The van der Waals surface area contributed by atoms with E-state index in [-0.39, 0.29) is 24.9 Å². The van der Waals surface area contributed by atoms with Gasteiger partial charge < -0.3 is 15.3 Å². The van der Waals surface area contributed by atoms with Crippen LogP contribution in [0.15, 0.2) is 0 Å². The first-order valence-corrected chi connectivity index (χ1v) is 2.94. The Balaban J connectivity index is 0. The molecule has 0 saturated carbocycles. The van der Waals surface area contributed by atoms with Crippen molar-refractivity contribution in [2.45, 2.75) is 18.9 Å². The SMILES string of the molecule is COC(CC=N)CC(=O)O.Cl. The van der Waals surface area contributed by atoms with Crippen LogP contribution in [-0.4, -0.2) is 30.5 Å². The minimum absolute atomic E-state index is 0. The zero-order chi connectivity index (χ0) is 7.98. The van der Waals surface area contributed by atoms with E-state index in [4.69, 9.17) is 15.3 Å². The molecule has 0 rings (SSSR count). The van der Waals surface area contributed by atoms with Gasteiger partial charge >= 0.3 is 5.97 Å². The number of hydrogen-bond acceptors (Lipinski definition) is 3. The van der Waals surface area contributed by atoms with Gasteiger partial charge in [-0.1, -0.05) is 0 Å². The lowest BCUT2D eigenvalue weighted by Gasteiger charge is -2.08. The molecule has 1 atom stereocenters. The van der Waals surface area contributed by atoms with Gasteiger partial charge in [0.25, 0.3) is 0 Å². The van der Waals surface area contributed by atoms with Gasteiger partial charge in [0.15, 0.2) is 0 Å². The second-order valence-corrected chi connectivity index (χ2v) is 1.90. The zero-order valence-electron chi connectivity index (χ0n) is 6.24. The minimum atomic E-state index is -0.895. The molecule has 0 aliphatic heterocycles. The summed E-state index contributed by atoms with van der Waals surface area (Å²) >= 11 is 0. The van der Waals surface area contributed by atoms with Crippen LogP contribution in [0.2, 0.25) is 0 Å². The van der Waals surface area contributed by atoms with E-state index in [0.29, 0.717) is 6.42 Å². The number of hydrogen-bond donors (Lipinski definition) is 2. The van der Waals surface area contributed by atoms with Crippen molar-refractivity contribution in [3.8, 4) is 0 Å². The Morgan fingerprint density at radius 2 is 2.36 bits per heavy atom. The Hall–Kier alpha value is -0.610. The number of rotatable bonds is 5. The number of carboxylic acids is 1. The third-order valence-electron chi connectivity index (χ3n) is 1.12. The second-order valence-electron chi connectivity index (χ2n) is 1.90. The van der Waals surface area contributed by atoms with E-state index in [1.165, 1.54) is 7.11 Å². The predicted octanol–water partition coefficient (Wildman–Crippen LogP) is 0.938. The molecule has 5 heteroatoms. The summed E-state index contributed by atoms with van der Waals surface area (Å²) in [5, 5.41) is 15.0. The van der Waals surface area contributed by atoms with Crippen molar-refractivity contribution in [2.24, 2.45) is 0 Å². The number of halogens is 1. The molecule has 0 radical (unpaired) electrons. The fraction of sp³-hybridized carbons (Fsp3) is 0.667. The number of carbonyl (C=O) groups is 1. The zero-order valence-corrected chi connectivity index (χ0v) is 7.06. The fourth-order valence-corrected chi connectivity index (χ4v) is 0.589. The predicted molar refractivity (Wildman–Crippen MR) is 43.7 cm³/mol. The fourth-order valence-electron chi connectivity index (χ4n) is 0.589. The summed E-state index contributed by atoms with van der Waals surface area (Å²) in [5.41, 5.74) is 0. The van der Waals surface area contributed by atoms with E-state index in [9.17, 15) is 4.79 Å².